The van der Waals surface area contributed by atoms with Crippen LogP contribution in [0, 0.1) is 5.92 Å². The molecule has 3 N–H and O–H groups in total. The first-order valence-electron chi connectivity index (χ1n) is 11.3. The van der Waals surface area contributed by atoms with Gasteiger partial charge in [-0.2, -0.15) is 0 Å². The van der Waals surface area contributed by atoms with Crippen molar-refractivity contribution in [2.24, 2.45) is 5.92 Å². The van der Waals surface area contributed by atoms with E-state index in [-0.39, 0.29) is 36.6 Å². The number of carbonyl (C=O) groups excluding carboxylic acids is 4. The number of nitrogens with one attached hydrogen (secondary N) is 3. The van der Waals surface area contributed by atoms with Crippen molar-refractivity contribution < 1.29 is 23.9 Å². The molecule has 1 unspecified atom stereocenters. The van der Waals surface area contributed by atoms with Crippen molar-refractivity contribution in [1.82, 2.24) is 5.32 Å². The Morgan fingerprint density at radius 1 is 1.06 bits per heavy atom. The van der Waals surface area contributed by atoms with E-state index in [1.54, 1.807) is 53.4 Å². The Morgan fingerprint density at radius 3 is 2.50 bits per heavy atom. The molecule has 3 rings (SSSR count). The van der Waals surface area contributed by atoms with Gasteiger partial charge < -0.3 is 25.6 Å². The zero-order chi connectivity index (χ0) is 24.5. The van der Waals surface area contributed by atoms with Crippen LogP contribution in [0.3, 0.4) is 0 Å². The molecule has 2 aromatic rings. The van der Waals surface area contributed by atoms with Gasteiger partial charge in [0.05, 0.1) is 17.2 Å². The average molecular weight is 467 g/mol. The summed E-state index contributed by atoms with van der Waals surface area (Å²) in [5.74, 6) is -1.49. The van der Waals surface area contributed by atoms with Gasteiger partial charge in [-0.1, -0.05) is 12.1 Å². The van der Waals surface area contributed by atoms with Crippen LogP contribution in [0.2, 0.25) is 0 Å². The monoisotopic (exact) mass is 466 g/mol. The van der Waals surface area contributed by atoms with Crippen molar-refractivity contribution in [3.8, 4) is 0 Å². The van der Waals surface area contributed by atoms with Gasteiger partial charge in [-0.05, 0) is 49.7 Å². The van der Waals surface area contributed by atoms with Crippen LogP contribution in [0.4, 0.5) is 17.1 Å². The molecule has 1 atom stereocenters. The molecule has 2 aromatic carbocycles. The summed E-state index contributed by atoms with van der Waals surface area (Å²) in [4.78, 5) is 50.8. The lowest BCUT2D eigenvalue weighted by Gasteiger charge is -2.18. The summed E-state index contributed by atoms with van der Waals surface area (Å²) < 4.78 is 5.27. The topological polar surface area (TPSA) is 117 Å². The number of ether oxygens (including phenoxy) is 1. The second-order valence-corrected chi connectivity index (χ2v) is 7.97. The summed E-state index contributed by atoms with van der Waals surface area (Å²) in [7, 11) is 0. The maximum atomic E-state index is 12.9. The van der Waals surface area contributed by atoms with Crippen LogP contribution in [0.5, 0.6) is 0 Å². The van der Waals surface area contributed by atoms with Gasteiger partial charge in [0.1, 0.15) is 0 Å². The minimum absolute atomic E-state index is 0.0745. The lowest BCUT2D eigenvalue weighted by atomic mass is 10.1. The summed E-state index contributed by atoms with van der Waals surface area (Å²) in [5, 5.41) is 8.33. The summed E-state index contributed by atoms with van der Waals surface area (Å²) in [6.45, 7) is 5.23. The molecule has 0 aromatic heterocycles. The highest BCUT2D eigenvalue weighted by Gasteiger charge is 2.35. The molecular weight excluding hydrogens is 436 g/mol. The number of carbonyl (C=O) groups is 4. The molecule has 0 bridgehead atoms. The highest BCUT2D eigenvalue weighted by Crippen LogP contribution is 2.27. The molecule has 34 heavy (non-hydrogen) atoms. The molecule has 0 radical (unpaired) electrons. The van der Waals surface area contributed by atoms with Crippen LogP contribution in [0.1, 0.15) is 37.0 Å². The quantitative estimate of drug-likeness (QED) is 0.466. The highest BCUT2D eigenvalue weighted by molar-refractivity contribution is 6.07. The summed E-state index contributed by atoms with van der Waals surface area (Å²) >= 11 is 0. The lowest BCUT2D eigenvalue weighted by Crippen LogP contribution is -2.30. The van der Waals surface area contributed by atoms with E-state index in [0.29, 0.717) is 48.8 Å². The predicted octanol–water partition coefficient (Wildman–Crippen LogP) is 2.79. The molecule has 9 nitrogen and oxygen atoms in total. The molecule has 1 aliphatic heterocycles. The SMILES string of the molecule is CCOCCCNC(=O)c1ccccc1NC(=O)C1CC(=O)N(c2ccc(NC(C)=O)cc2)C1. The Kier molecular flexibility index (Phi) is 8.75. The normalized spacial score (nSPS) is 15.2. The fraction of sp³-hybridized carbons (Fsp3) is 0.360. The molecule has 180 valence electrons. The second-order valence-electron chi connectivity index (χ2n) is 7.97. The fourth-order valence-corrected chi connectivity index (χ4v) is 3.70. The van der Waals surface area contributed by atoms with Crippen LogP contribution >= 0.6 is 0 Å². The van der Waals surface area contributed by atoms with Crippen molar-refractivity contribution in [3.05, 3.63) is 54.1 Å². The van der Waals surface area contributed by atoms with Crippen molar-refractivity contribution in [2.45, 2.75) is 26.7 Å². The molecule has 0 aliphatic carbocycles. The molecule has 1 aliphatic rings. The van der Waals surface area contributed by atoms with Crippen LogP contribution in [-0.4, -0.2) is 49.9 Å². The first-order valence-corrected chi connectivity index (χ1v) is 11.3. The maximum Gasteiger partial charge on any atom is 0.253 e. The molecule has 1 fully saturated rings. The van der Waals surface area contributed by atoms with E-state index >= 15 is 0 Å². The van der Waals surface area contributed by atoms with Gasteiger partial charge in [-0.25, -0.2) is 0 Å². The van der Waals surface area contributed by atoms with E-state index in [0.717, 1.165) is 0 Å². The lowest BCUT2D eigenvalue weighted by molar-refractivity contribution is -0.122. The fourth-order valence-electron chi connectivity index (χ4n) is 3.70. The summed E-state index contributed by atoms with van der Waals surface area (Å²) in [6.07, 6.45) is 0.769. The summed E-state index contributed by atoms with van der Waals surface area (Å²) in [6, 6.07) is 13.7. The zero-order valence-corrected chi connectivity index (χ0v) is 19.4. The van der Waals surface area contributed by atoms with Crippen molar-refractivity contribution in [3.63, 3.8) is 0 Å². The first-order chi connectivity index (χ1) is 16.4. The third kappa shape index (κ3) is 6.64. The largest absolute Gasteiger partial charge is 0.382 e. The Morgan fingerprint density at radius 2 is 1.79 bits per heavy atom. The van der Waals surface area contributed by atoms with Gasteiger partial charge in [-0.15, -0.1) is 0 Å². The molecule has 4 amide bonds. The minimum Gasteiger partial charge on any atom is -0.382 e. The van der Waals surface area contributed by atoms with Crippen LogP contribution in [0.25, 0.3) is 0 Å². The zero-order valence-electron chi connectivity index (χ0n) is 19.4. The van der Waals surface area contributed by atoms with E-state index in [4.69, 9.17) is 4.74 Å². The van der Waals surface area contributed by atoms with Gasteiger partial charge in [0.15, 0.2) is 0 Å². The van der Waals surface area contributed by atoms with Gasteiger partial charge in [0, 0.05) is 51.0 Å². The molecule has 0 spiro atoms. The summed E-state index contributed by atoms with van der Waals surface area (Å²) in [5.41, 5.74) is 2.05. The van der Waals surface area contributed by atoms with E-state index in [9.17, 15) is 19.2 Å². The number of rotatable bonds is 10. The third-order valence-corrected chi connectivity index (χ3v) is 5.38. The van der Waals surface area contributed by atoms with E-state index in [1.165, 1.54) is 6.92 Å². The highest BCUT2D eigenvalue weighted by atomic mass is 16.5. The Hall–Kier alpha value is -3.72. The standard InChI is InChI=1S/C25H30N4O5/c1-3-34-14-6-13-26-25(33)21-7-4-5-8-22(21)28-24(32)18-15-23(31)29(16-18)20-11-9-19(10-12-20)27-17(2)30/h4-5,7-12,18H,3,6,13-16H2,1-2H3,(H,26,33)(H,27,30)(H,28,32). The average Bonchev–Trinajstić information content (AvgIpc) is 3.21. The van der Waals surface area contributed by atoms with E-state index in [1.807, 2.05) is 6.92 Å². The van der Waals surface area contributed by atoms with Gasteiger partial charge in [0.25, 0.3) is 5.91 Å². The van der Waals surface area contributed by atoms with E-state index < -0.39 is 5.92 Å². The van der Waals surface area contributed by atoms with Crippen LogP contribution in [-0.2, 0) is 19.1 Å². The van der Waals surface area contributed by atoms with Crippen LogP contribution in [0.15, 0.2) is 48.5 Å². The molecule has 1 saturated heterocycles. The number of hydrogen-bond donors (Lipinski definition) is 3. The third-order valence-electron chi connectivity index (χ3n) is 5.38. The molecule has 9 heteroatoms. The number of nitrogens with zero attached hydrogens (tertiary/aromatic N) is 1. The molecule has 0 saturated carbocycles. The number of hydrogen-bond acceptors (Lipinski definition) is 5. The van der Waals surface area contributed by atoms with Gasteiger partial charge in [-0.3, -0.25) is 19.2 Å². The van der Waals surface area contributed by atoms with Crippen LogP contribution < -0.4 is 20.9 Å². The van der Waals surface area contributed by atoms with Gasteiger partial charge in [0.2, 0.25) is 17.7 Å². The van der Waals surface area contributed by atoms with Crippen molar-refractivity contribution in [1.29, 1.82) is 0 Å². The second kappa shape index (κ2) is 11.9. The number of para-hydroxylation sites is 1. The number of benzene rings is 2. The number of anilines is 3. The van der Waals surface area contributed by atoms with Gasteiger partial charge >= 0.3 is 0 Å². The Balaban J connectivity index is 1.60. The number of amides is 4. The molecule has 1 heterocycles. The van der Waals surface area contributed by atoms with Crippen molar-refractivity contribution in [2.75, 3.05) is 41.8 Å². The first kappa shape index (κ1) is 24.9. The predicted molar refractivity (Wildman–Crippen MR) is 130 cm³/mol. The minimum atomic E-state index is -0.551. The van der Waals surface area contributed by atoms with Crippen molar-refractivity contribution >= 4 is 40.7 Å². The Labute approximate surface area is 198 Å². The van der Waals surface area contributed by atoms with E-state index in [2.05, 4.69) is 16.0 Å². The molecular formula is C25H30N4O5. The Bertz CT molecular complexity index is 1040. The smallest absolute Gasteiger partial charge is 0.253 e. The maximum absolute atomic E-state index is 12.9.